The second kappa shape index (κ2) is 3.54. The number of ether oxygens (including phenoxy) is 4. The number of fused-ring (bicyclic) bond motifs is 6. The van der Waals surface area contributed by atoms with Crippen molar-refractivity contribution in [3.63, 3.8) is 0 Å². The summed E-state index contributed by atoms with van der Waals surface area (Å²) in [6.07, 6.45) is 5.47. The van der Waals surface area contributed by atoms with E-state index in [1.54, 1.807) is 0 Å². The van der Waals surface area contributed by atoms with Gasteiger partial charge in [0, 0.05) is 5.92 Å². The van der Waals surface area contributed by atoms with E-state index in [9.17, 15) is 0 Å². The molecule has 1 unspecified atom stereocenters. The molecule has 0 N–H and O–H groups in total. The quantitative estimate of drug-likeness (QED) is 0.596. The molecule has 4 aliphatic rings. The van der Waals surface area contributed by atoms with Gasteiger partial charge in [0.2, 0.25) is 12.1 Å². The largest absolute Gasteiger partial charge is 0.345 e. The minimum absolute atomic E-state index is 0.218. The lowest BCUT2D eigenvalue weighted by molar-refractivity contribution is -0.345. The number of allylic oxidation sites excluding steroid dienone is 2. The van der Waals surface area contributed by atoms with Gasteiger partial charge in [-0.1, -0.05) is 19.1 Å². The lowest BCUT2D eigenvalue weighted by Crippen LogP contribution is -2.60. The van der Waals surface area contributed by atoms with Crippen molar-refractivity contribution in [1.29, 1.82) is 0 Å². The standard InChI is InChI=1S/C13H18O4/c1-8-3-2-4-9-10-7-14-12(17-10)13(11(8)9)15-5-6-16-13/h2-3,8-12H,4-7H2,1H3/t8?,9-,10-,11-,12-/m1/s1. The van der Waals surface area contributed by atoms with E-state index in [4.69, 9.17) is 18.9 Å². The van der Waals surface area contributed by atoms with Gasteiger partial charge in [0.25, 0.3) is 0 Å². The molecule has 3 aliphatic heterocycles. The first-order chi connectivity index (χ1) is 8.31. The fourth-order valence-electron chi connectivity index (χ4n) is 3.94. The predicted molar refractivity (Wildman–Crippen MR) is 59.1 cm³/mol. The van der Waals surface area contributed by atoms with Crippen molar-refractivity contribution < 1.29 is 18.9 Å². The monoisotopic (exact) mass is 238 g/mol. The van der Waals surface area contributed by atoms with Crippen LogP contribution in [0.3, 0.4) is 0 Å². The second-order valence-corrected chi connectivity index (χ2v) is 5.47. The van der Waals surface area contributed by atoms with E-state index in [1.807, 2.05) is 0 Å². The summed E-state index contributed by atoms with van der Waals surface area (Å²) in [4.78, 5) is 0. The minimum atomic E-state index is -0.651. The summed E-state index contributed by atoms with van der Waals surface area (Å²) in [5, 5.41) is 0. The van der Waals surface area contributed by atoms with Gasteiger partial charge in [0.05, 0.1) is 25.9 Å². The normalized spacial score (nSPS) is 50.8. The zero-order valence-corrected chi connectivity index (χ0v) is 10.0. The first-order valence-corrected chi connectivity index (χ1v) is 6.53. The highest BCUT2D eigenvalue weighted by Crippen LogP contribution is 2.53. The summed E-state index contributed by atoms with van der Waals surface area (Å²) in [6, 6.07) is 0. The highest BCUT2D eigenvalue weighted by molar-refractivity contribution is 5.10. The van der Waals surface area contributed by atoms with E-state index in [2.05, 4.69) is 19.1 Å². The van der Waals surface area contributed by atoms with E-state index in [0.717, 1.165) is 6.42 Å². The summed E-state index contributed by atoms with van der Waals surface area (Å²) < 4.78 is 23.6. The maximum absolute atomic E-state index is 5.95. The van der Waals surface area contributed by atoms with Crippen molar-refractivity contribution in [3.05, 3.63) is 12.2 Å². The topological polar surface area (TPSA) is 36.9 Å². The Labute approximate surface area is 101 Å². The molecule has 5 atom stereocenters. The molecule has 1 aliphatic carbocycles. The van der Waals surface area contributed by atoms with Crippen LogP contribution in [0.2, 0.25) is 0 Å². The molecule has 0 amide bonds. The molecule has 4 nitrogen and oxygen atoms in total. The summed E-state index contributed by atoms with van der Waals surface area (Å²) in [5.74, 6) is 0.637. The molecule has 4 rings (SSSR count). The summed E-state index contributed by atoms with van der Waals surface area (Å²) in [6.45, 7) is 4.22. The molecule has 0 aromatic rings. The third-order valence-electron chi connectivity index (χ3n) is 4.60. The van der Waals surface area contributed by atoms with E-state index >= 15 is 0 Å². The molecule has 4 heteroatoms. The molecular formula is C13H18O4. The zero-order valence-electron chi connectivity index (χ0n) is 10.0. The molecule has 2 bridgehead atoms. The van der Waals surface area contributed by atoms with Crippen molar-refractivity contribution in [2.75, 3.05) is 19.8 Å². The molecular weight excluding hydrogens is 220 g/mol. The lowest BCUT2D eigenvalue weighted by Gasteiger charge is -2.49. The van der Waals surface area contributed by atoms with Crippen LogP contribution in [0.5, 0.6) is 0 Å². The van der Waals surface area contributed by atoms with E-state index in [-0.39, 0.29) is 12.4 Å². The van der Waals surface area contributed by atoms with Crippen molar-refractivity contribution in [3.8, 4) is 0 Å². The Balaban J connectivity index is 1.79. The van der Waals surface area contributed by atoms with Gasteiger partial charge in [-0.2, -0.15) is 0 Å². The van der Waals surface area contributed by atoms with Crippen molar-refractivity contribution in [2.45, 2.75) is 31.5 Å². The SMILES string of the molecule is CC1C=CC[C@H]2[C@@H]1C1(OCCO1)[C@@H]1OC[C@H]2O1. The maximum Gasteiger partial charge on any atom is 0.224 e. The Morgan fingerprint density at radius 2 is 2.06 bits per heavy atom. The van der Waals surface area contributed by atoms with Crippen molar-refractivity contribution in [2.24, 2.45) is 17.8 Å². The fraction of sp³-hybridized carbons (Fsp3) is 0.846. The van der Waals surface area contributed by atoms with Gasteiger partial charge < -0.3 is 18.9 Å². The predicted octanol–water partition coefficient (Wildman–Crippen LogP) is 1.31. The minimum Gasteiger partial charge on any atom is -0.345 e. The van der Waals surface area contributed by atoms with Gasteiger partial charge in [-0.25, -0.2) is 0 Å². The molecule has 1 spiro atoms. The summed E-state index contributed by atoms with van der Waals surface area (Å²) in [5.41, 5.74) is 0. The number of hydrogen-bond acceptors (Lipinski definition) is 4. The summed E-state index contributed by atoms with van der Waals surface area (Å²) >= 11 is 0. The van der Waals surface area contributed by atoms with Gasteiger partial charge in [-0.3, -0.25) is 0 Å². The van der Waals surface area contributed by atoms with Crippen LogP contribution in [0, 0.1) is 17.8 Å². The van der Waals surface area contributed by atoms with E-state index < -0.39 is 5.79 Å². The third kappa shape index (κ3) is 1.27. The van der Waals surface area contributed by atoms with Crippen LogP contribution >= 0.6 is 0 Å². The van der Waals surface area contributed by atoms with Gasteiger partial charge in [-0.15, -0.1) is 0 Å². The van der Waals surface area contributed by atoms with Crippen LogP contribution in [0.4, 0.5) is 0 Å². The Kier molecular flexibility index (Phi) is 2.19. The third-order valence-corrected chi connectivity index (χ3v) is 4.60. The molecule has 3 saturated heterocycles. The van der Waals surface area contributed by atoms with Gasteiger partial charge >= 0.3 is 0 Å². The van der Waals surface area contributed by atoms with Crippen LogP contribution in [0.15, 0.2) is 12.2 Å². The number of hydrogen-bond donors (Lipinski definition) is 0. The smallest absolute Gasteiger partial charge is 0.224 e. The van der Waals surface area contributed by atoms with Crippen LogP contribution in [-0.2, 0) is 18.9 Å². The molecule has 0 aromatic heterocycles. The first-order valence-electron chi connectivity index (χ1n) is 6.53. The maximum atomic E-state index is 5.95. The van der Waals surface area contributed by atoms with Gasteiger partial charge in [-0.05, 0) is 18.3 Å². The van der Waals surface area contributed by atoms with Gasteiger partial charge in [0.1, 0.15) is 0 Å². The van der Waals surface area contributed by atoms with Crippen molar-refractivity contribution >= 4 is 0 Å². The van der Waals surface area contributed by atoms with E-state index in [1.165, 1.54) is 0 Å². The van der Waals surface area contributed by atoms with Crippen LogP contribution in [-0.4, -0.2) is 38.0 Å². The Morgan fingerprint density at radius 3 is 2.88 bits per heavy atom. The Bertz CT molecular complexity index is 347. The molecule has 3 fully saturated rings. The van der Waals surface area contributed by atoms with Crippen LogP contribution in [0.1, 0.15) is 13.3 Å². The van der Waals surface area contributed by atoms with E-state index in [0.29, 0.717) is 37.6 Å². The molecule has 0 saturated carbocycles. The Morgan fingerprint density at radius 1 is 1.24 bits per heavy atom. The molecule has 3 heterocycles. The summed E-state index contributed by atoms with van der Waals surface area (Å²) in [7, 11) is 0. The average molecular weight is 238 g/mol. The lowest BCUT2D eigenvalue weighted by atomic mass is 9.68. The van der Waals surface area contributed by atoms with Crippen LogP contribution in [0.25, 0.3) is 0 Å². The van der Waals surface area contributed by atoms with Crippen molar-refractivity contribution in [1.82, 2.24) is 0 Å². The Hall–Kier alpha value is -0.420. The number of rotatable bonds is 0. The molecule has 94 valence electrons. The average Bonchev–Trinajstić information content (AvgIpc) is 2.94. The zero-order chi connectivity index (χ0) is 11.5. The molecule has 17 heavy (non-hydrogen) atoms. The van der Waals surface area contributed by atoms with Crippen LogP contribution < -0.4 is 0 Å². The molecule has 0 radical (unpaired) electrons. The highest BCUT2D eigenvalue weighted by Gasteiger charge is 2.64. The molecule has 0 aromatic carbocycles. The first kappa shape index (κ1) is 10.5. The second-order valence-electron chi connectivity index (χ2n) is 5.47. The highest BCUT2D eigenvalue weighted by atomic mass is 16.8. The van der Waals surface area contributed by atoms with Gasteiger partial charge in [0.15, 0.2) is 0 Å². The fourth-order valence-corrected chi connectivity index (χ4v) is 3.94.